The molecule has 0 bridgehead atoms. The second-order valence-corrected chi connectivity index (χ2v) is 9.28. The first kappa shape index (κ1) is 23.1. The summed E-state index contributed by atoms with van der Waals surface area (Å²) in [7, 11) is 0. The van der Waals surface area contributed by atoms with Gasteiger partial charge >= 0.3 is 6.03 Å². The molecule has 0 N–H and O–H groups in total. The van der Waals surface area contributed by atoms with Gasteiger partial charge in [0.1, 0.15) is 12.3 Å². The van der Waals surface area contributed by atoms with Crippen LogP contribution in [0.5, 0.6) is 5.75 Å². The van der Waals surface area contributed by atoms with Crippen LogP contribution in [0, 0.1) is 19.8 Å². The third-order valence-corrected chi connectivity index (χ3v) is 7.03. The van der Waals surface area contributed by atoms with Gasteiger partial charge in [-0.25, -0.2) is 9.69 Å². The zero-order valence-corrected chi connectivity index (χ0v) is 20.4. The topological polar surface area (TPSA) is 88.8 Å². The van der Waals surface area contributed by atoms with Crippen molar-refractivity contribution in [1.29, 1.82) is 0 Å². The van der Waals surface area contributed by atoms with Crippen LogP contribution in [0.4, 0.5) is 10.5 Å². The first-order valence-corrected chi connectivity index (χ1v) is 12.2. The molecule has 2 aliphatic rings. The van der Waals surface area contributed by atoms with Crippen LogP contribution in [0.25, 0.3) is 11.4 Å². The molecule has 0 spiro atoms. The van der Waals surface area contributed by atoms with Gasteiger partial charge < -0.3 is 14.2 Å². The number of aromatic nitrogens is 2. The predicted octanol–water partition coefficient (Wildman–Crippen LogP) is 5.28. The maximum absolute atomic E-state index is 13.7. The minimum Gasteiger partial charge on any atom is -0.494 e. The SMILES string of the molecule is CCOc1cccc(-c2noc(CN3C(=O)N(c4ccc(C)c(C)c4)C(=O)C4CCCCC43)n2)c1. The molecule has 2 atom stereocenters. The predicted molar refractivity (Wildman–Crippen MR) is 131 cm³/mol. The fraction of sp³-hybridized carbons (Fsp3) is 0.407. The van der Waals surface area contributed by atoms with Crippen LogP contribution in [-0.2, 0) is 11.3 Å². The van der Waals surface area contributed by atoms with E-state index in [-0.39, 0.29) is 30.4 Å². The summed E-state index contributed by atoms with van der Waals surface area (Å²) in [5, 5.41) is 4.14. The Bertz CT molecular complexity index is 1250. The van der Waals surface area contributed by atoms with Crippen LogP contribution in [0.15, 0.2) is 47.0 Å². The van der Waals surface area contributed by atoms with E-state index in [0.29, 0.717) is 24.0 Å². The Morgan fingerprint density at radius 1 is 1.06 bits per heavy atom. The molecule has 2 aromatic carbocycles. The molecule has 8 heteroatoms. The van der Waals surface area contributed by atoms with Gasteiger partial charge in [-0.05, 0) is 69.0 Å². The summed E-state index contributed by atoms with van der Waals surface area (Å²) < 4.78 is 11.1. The van der Waals surface area contributed by atoms with Crippen molar-refractivity contribution in [1.82, 2.24) is 15.0 Å². The lowest BCUT2D eigenvalue weighted by atomic mass is 9.81. The van der Waals surface area contributed by atoms with E-state index in [9.17, 15) is 9.59 Å². The normalized spacial score (nSPS) is 20.2. The van der Waals surface area contributed by atoms with E-state index in [1.165, 1.54) is 4.90 Å². The third-order valence-electron chi connectivity index (χ3n) is 7.03. The molecular formula is C27H30N4O4. The molecule has 1 aromatic heterocycles. The van der Waals surface area contributed by atoms with Gasteiger partial charge in [-0.3, -0.25) is 4.79 Å². The average Bonchev–Trinajstić information content (AvgIpc) is 3.33. The Labute approximate surface area is 204 Å². The molecule has 2 unspecified atom stereocenters. The fourth-order valence-corrected chi connectivity index (χ4v) is 5.06. The highest BCUT2D eigenvalue weighted by molar-refractivity contribution is 6.17. The number of urea groups is 1. The number of hydrogen-bond acceptors (Lipinski definition) is 6. The van der Waals surface area contributed by atoms with Crippen LogP contribution in [0.1, 0.15) is 49.6 Å². The molecular weight excluding hydrogens is 444 g/mol. The van der Waals surface area contributed by atoms with Crippen LogP contribution in [-0.4, -0.2) is 39.6 Å². The molecule has 2 fully saturated rings. The van der Waals surface area contributed by atoms with Gasteiger partial charge in [-0.15, -0.1) is 0 Å². The Kier molecular flexibility index (Phi) is 6.28. The van der Waals surface area contributed by atoms with Crippen molar-refractivity contribution in [3.63, 3.8) is 0 Å². The van der Waals surface area contributed by atoms with E-state index < -0.39 is 0 Å². The van der Waals surface area contributed by atoms with Gasteiger partial charge in [0.2, 0.25) is 17.6 Å². The summed E-state index contributed by atoms with van der Waals surface area (Å²) in [6.45, 7) is 6.65. The highest BCUT2D eigenvalue weighted by Crippen LogP contribution is 2.37. The Morgan fingerprint density at radius 2 is 1.89 bits per heavy atom. The Balaban J connectivity index is 1.44. The van der Waals surface area contributed by atoms with Gasteiger partial charge in [0.05, 0.1) is 18.2 Å². The number of anilines is 1. The monoisotopic (exact) mass is 474 g/mol. The summed E-state index contributed by atoms with van der Waals surface area (Å²) >= 11 is 0. The largest absolute Gasteiger partial charge is 0.494 e. The lowest BCUT2D eigenvalue weighted by Crippen LogP contribution is -2.62. The average molecular weight is 475 g/mol. The standard InChI is InChI=1S/C27H30N4O4/c1-4-34-21-9-7-8-19(15-21)25-28-24(35-29-25)16-30-23-11-6-5-10-22(23)26(32)31(27(30)33)20-13-12-17(2)18(3)14-20/h7-9,12-15,22-23H,4-6,10-11,16H2,1-3H3. The molecule has 1 saturated carbocycles. The lowest BCUT2D eigenvalue weighted by Gasteiger charge is -2.46. The Morgan fingerprint density at radius 3 is 2.69 bits per heavy atom. The van der Waals surface area contributed by atoms with E-state index in [2.05, 4.69) is 10.1 Å². The maximum atomic E-state index is 13.7. The quantitative estimate of drug-likeness (QED) is 0.483. The van der Waals surface area contributed by atoms with E-state index in [1.54, 1.807) is 4.90 Å². The summed E-state index contributed by atoms with van der Waals surface area (Å²) in [6, 6.07) is 12.7. The van der Waals surface area contributed by atoms with E-state index >= 15 is 0 Å². The van der Waals surface area contributed by atoms with Crippen molar-refractivity contribution in [3.8, 4) is 17.1 Å². The molecule has 1 aliphatic heterocycles. The van der Waals surface area contributed by atoms with Crippen LogP contribution in [0.2, 0.25) is 0 Å². The van der Waals surface area contributed by atoms with Crippen LogP contribution in [0.3, 0.4) is 0 Å². The lowest BCUT2D eigenvalue weighted by molar-refractivity contribution is -0.127. The number of hydrogen-bond donors (Lipinski definition) is 0. The van der Waals surface area contributed by atoms with E-state index in [1.807, 2.05) is 63.2 Å². The highest BCUT2D eigenvalue weighted by atomic mass is 16.5. The molecule has 8 nitrogen and oxygen atoms in total. The molecule has 1 aliphatic carbocycles. The molecule has 5 rings (SSSR count). The van der Waals surface area contributed by atoms with Crippen molar-refractivity contribution >= 4 is 17.6 Å². The maximum Gasteiger partial charge on any atom is 0.332 e. The van der Waals surface area contributed by atoms with Gasteiger partial charge in [0, 0.05) is 11.6 Å². The number of imide groups is 1. The molecule has 2 heterocycles. The zero-order chi connectivity index (χ0) is 24.5. The molecule has 3 amide bonds. The highest BCUT2D eigenvalue weighted by Gasteiger charge is 2.48. The number of benzene rings is 2. The number of carbonyl (C=O) groups is 2. The summed E-state index contributed by atoms with van der Waals surface area (Å²) in [5.74, 6) is 1.17. The van der Waals surface area contributed by atoms with Crippen LogP contribution >= 0.6 is 0 Å². The van der Waals surface area contributed by atoms with E-state index in [4.69, 9.17) is 9.26 Å². The molecule has 0 radical (unpaired) electrons. The molecule has 182 valence electrons. The summed E-state index contributed by atoms with van der Waals surface area (Å²) in [5.41, 5.74) is 3.54. The number of rotatable bonds is 6. The number of fused-ring (bicyclic) bond motifs is 1. The van der Waals surface area contributed by atoms with Crippen molar-refractivity contribution in [2.75, 3.05) is 11.5 Å². The first-order chi connectivity index (χ1) is 17.0. The second kappa shape index (κ2) is 9.52. The number of nitrogens with zero attached hydrogens (tertiary/aromatic N) is 4. The zero-order valence-electron chi connectivity index (χ0n) is 20.4. The van der Waals surface area contributed by atoms with Gasteiger partial charge in [-0.2, -0.15) is 4.98 Å². The molecule has 35 heavy (non-hydrogen) atoms. The van der Waals surface area contributed by atoms with Crippen molar-refractivity contribution in [3.05, 3.63) is 59.5 Å². The minimum atomic E-state index is -0.334. The van der Waals surface area contributed by atoms with Crippen molar-refractivity contribution in [2.45, 2.75) is 59.0 Å². The van der Waals surface area contributed by atoms with Crippen molar-refractivity contribution < 1.29 is 18.8 Å². The van der Waals surface area contributed by atoms with Crippen LogP contribution < -0.4 is 9.64 Å². The molecule has 3 aromatic rings. The number of aryl methyl sites for hydroxylation is 2. The minimum absolute atomic E-state index is 0.113. The van der Waals surface area contributed by atoms with Gasteiger partial charge in [0.15, 0.2) is 0 Å². The summed E-state index contributed by atoms with van der Waals surface area (Å²) in [6.07, 6.45) is 3.53. The fourth-order valence-electron chi connectivity index (χ4n) is 5.06. The van der Waals surface area contributed by atoms with Gasteiger partial charge in [0.25, 0.3) is 0 Å². The van der Waals surface area contributed by atoms with E-state index in [0.717, 1.165) is 48.1 Å². The third kappa shape index (κ3) is 4.40. The summed E-state index contributed by atoms with van der Waals surface area (Å²) in [4.78, 5) is 34.8. The molecule has 1 saturated heterocycles. The number of amides is 3. The smallest absolute Gasteiger partial charge is 0.332 e. The first-order valence-electron chi connectivity index (χ1n) is 12.2. The Hall–Kier alpha value is -3.68. The van der Waals surface area contributed by atoms with Crippen molar-refractivity contribution in [2.24, 2.45) is 5.92 Å². The number of carbonyl (C=O) groups excluding carboxylic acids is 2. The van der Waals surface area contributed by atoms with Gasteiger partial charge in [-0.1, -0.05) is 36.2 Å². The number of ether oxygens (including phenoxy) is 1. The second-order valence-electron chi connectivity index (χ2n) is 9.28.